The van der Waals surface area contributed by atoms with Crippen molar-refractivity contribution in [2.45, 2.75) is 25.7 Å². The van der Waals surface area contributed by atoms with Crippen LogP contribution in [0.25, 0.3) is 0 Å². The van der Waals surface area contributed by atoms with Gasteiger partial charge in [-0.05, 0) is 31.4 Å². The van der Waals surface area contributed by atoms with Gasteiger partial charge in [-0.1, -0.05) is 17.3 Å². The Morgan fingerprint density at radius 1 is 1.48 bits per heavy atom. The van der Waals surface area contributed by atoms with Gasteiger partial charge in [0.25, 0.3) is 5.91 Å². The van der Waals surface area contributed by atoms with Crippen molar-refractivity contribution >= 4 is 5.91 Å². The Morgan fingerprint density at radius 3 is 3.10 bits per heavy atom. The summed E-state index contributed by atoms with van der Waals surface area (Å²) in [6.07, 6.45) is 1.82. The van der Waals surface area contributed by atoms with Crippen LogP contribution >= 0.6 is 0 Å². The molecule has 1 aliphatic rings. The van der Waals surface area contributed by atoms with E-state index >= 15 is 0 Å². The standard InChI is InChI=1S/C14H17N5O2/c1-9-4-2-6-11(12(9)20)14(21)19-7-3-5-10(8-19)13-15-17-18-16-13/h2,4,6,10,20H,3,5,7-8H2,1H3,(H,15,16,17,18). The van der Waals surface area contributed by atoms with Gasteiger partial charge < -0.3 is 10.0 Å². The van der Waals surface area contributed by atoms with Crippen LogP contribution < -0.4 is 0 Å². The number of amides is 1. The van der Waals surface area contributed by atoms with Gasteiger partial charge in [0.2, 0.25) is 0 Å². The maximum Gasteiger partial charge on any atom is 0.257 e. The third-order valence-corrected chi connectivity index (χ3v) is 3.90. The zero-order chi connectivity index (χ0) is 14.8. The number of hydrogen-bond acceptors (Lipinski definition) is 5. The predicted molar refractivity (Wildman–Crippen MR) is 74.9 cm³/mol. The largest absolute Gasteiger partial charge is 0.507 e. The number of benzene rings is 1. The van der Waals surface area contributed by atoms with E-state index in [9.17, 15) is 9.90 Å². The maximum atomic E-state index is 12.6. The SMILES string of the molecule is Cc1cccc(C(=O)N2CCCC(c3nn[nH]n3)C2)c1O. The predicted octanol–water partition coefficient (Wildman–Crippen LogP) is 1.23. The summed E-state index contributed by atoms with van der Waals surface area (Å²) in [6.45, 7) is 3.01. The average Bonchev–Trinajstić information content (AvgIpc) is 3.04. The molecule has 2 N–H and O–H groups in total. The second kappa shape index (κ2) is 5.51. The summed E-state index contributed by atoms with van der Waals surface area (Å²) in [5.74, 6) is 0.642. The number of likely N-dealkylation sites (tertiary alicyclic amines) is 1. The first-order valence-corrected chi connectivity index (χ1v) is 6.98. The number of phenols is 1. The van der Waals surface area contributed by atoms with E-state index in [1.165, 1.54) is 0 Å². The van der Waals surface area contributed by atoms with Crippen LogP contribution in [0.4, 0.5) is 0 Å². The minimum atomic E-state index is -0.149. The lowest BCUT2D eigenvalue weighted by molar-refractivity contribution is 0.0701. The van der Waals surface area contributed by atoms with E-state index < -0.39 is 0 Å². The topological polar surface area (TPSA) is 95.0 Å². The molecule has 1 saturated heterocycles. The van der Waals surface area contributed by atoms with Crippen LogP contribution in [-0.4, -0.2) is 49.6 Å². The van der Waals surface area contributed by atoms with E-state index in [4.69, 9.17) is 0 Å². The summed E-state index contributed by atoms with van der Waals surface area (Å²) in [6, 6.07) is 5.22. The molecular weight excluding hydrogens is 270 g/mol. The summed E-state index contributed by atoms with van der Waals surface area (Å²) >= 11 is 0. The number of nitrogens with zero attached hydrogens (tertiary/aromatic N) is 4. The molecule has 1 aliphatic heterocycles. The van der Waals surface area contributed by atoms with Crippen LogP contribution in [0.1, 0.15) is 40.5 Å². The molecule has 1 amide bonds. The molecule has 1 atom stereocenters. The van der Waals surface area contributed by atoms with Crippen LogP contribution in [0.5, 0.6) is 5.75 Å². The third-order valence-electron chi connectivity index (χ3n) is 3.90. The molecule has 21 heavy (non-hydrogen) atoms. The Bertz CT molecular complexity index is 641. The molecule has 3 rings (SSSR count). The maximum absolute atomic E-state index is 12.6. The Morgan fingerprint density at radius 2 is 2.33 bits per heavy atom. The Kier molecular flexibility index (Phi) is 3.55. The van der Waals surface area contributed by atoms with E-state index in [2.05, 4.69) is 20.6 Å². The summed E-state index contributed by atoms with van der Waals surface area (Å²) in [5.41, 5.74) is 1.05. The molecule has 1 aromatic heterocycles. The number of aromatic amines is 1. The zero-order valence-corrected chi connectivity index (χ0v) is 11.8. The molecule has 0 aliphatic carbocycles. The van der Waals surface area contributed by atoms with Gasteiger partial charge >= 0.3 is 0 Å². The number of aryl methyl sites for hydroxylation is 1. The molecule has 1 fully saturated rings. The van der Waals surface area contributed by atoms with Gasteiger partial charge in [-0.15, -0.1) is 10.2 Å². The lowest BCUT2D eigenvalue weighted by Crippen LogP contribution is -2.39. The number of phenolic OH excluding ortho intramolecular Hbond substituents is 1. The Balaban J connectivity index is 1.80. The summed E-state index contributed by atoms with van der Waals surface area (Å²) in [7, 11) is 0. The van der Waals surface area contributed by atoms with E-state index in [1.54, 1.807) is 30.0 Å². The number of nitrogens with one attached hydrogen (secondary N) is 1. The molecule has 7 nitrogen and oxygen atoms in total. The monoisotopic (exact) mass is 287 g/mol. The van der Waals surface area contributed by atoms with Crippen molar-refractivity contribution in [1.82, 2.24) is 25.5 Å². The van der Waals surface area contributed by atoms with E-state index in [-0.39, 0.29) is 17.6 Å². The minimum Gasteiger partial charge on any atom is -0.507 e. The summed E-state index contributed by atoms with van der Waals surface area (Å²) < 4.78 is 0. The first-order chi connectivity index (χ1) is 10.2. The molecular formula is C14H17N5O2. The van der Waals surface area contributed by atoms with Gasteiger partial charge in [-0.2, -0.15) is 5.21 Å². The van der Waals surface area contributed by atoms with E-state index in [1.807, 2.05) is 0 Å². The van der Waals surface area contributed by atoms with Crippen LogP contribution in [0.2, 0.25) is 0 Å². The van der Waals surface area contributed by atoms with E-state index in [0.29, 0.717) is 30.0 Å². The average molecular weight is 287 g/mol. The van der Waals surface area contributed by atoms with Crippen LogP contribution in [0.3, 0.4) is 0 Å². The fraction of sp³-hybridized carbons (Fsp3) is 0.429. The molecule has 0 spiro atoms. The highest BCUT2D eigenvalue weighted by Crippen LogP contribution is 2.28. The molecule has 0 saturated carbocycles. The summed E-state index contributed by atoms with van der Waals surface area (Å²) in [5, 5.41) is 24.1. The lowest BCUT2D eigenvalue weighted by Gasteiger charge is -2.31. The van der Waals surface area contributed by atoms with Gasteiger partial charge in [0, 0.05) is 19.0 Å². The van der Waals surface area contributed by atoms with Gasteiger partial charge in [-0.25, -0.2) is 0 Å². The number of rotatable bonds is 2. The highest BCUT2D eigenvalue weighted by Gasteiger charge is 2.29. The van der Waals surface area contributed by atoms with Crippen molar-refractivity contribution in [2.24, 2.45) is 0 Å². The van der Waals surface area contributed by atoms with Gasteiger partial charge in [0.1, 0.15) is 5.75 Å². The molecule has 2 heterocycles. The molecule has 1 aromatic carbocycles. The van der Waals surface area contributed by atoms with Crippen molar-refractivity contribution in [3.05, 3.63) is 35.2 Å². The molecule has 2 aromatic rings. The number of H-pyrrole nitrogens is 1. The van der Waals surface area contributed by atoms with Crippen molar-refractivity contribution in [2.75, 3.05) is 13.1 Å². The van der Waals surface area contributed by atoms with E-state index in [0.717, 1.165) is 12.8 Å². The molecule has 0 bridgehead atoms. The normalized spacial score (nSPS) is 18.7. The Hall–Kier alpha value is -2.44. The quantitative estimate of drug-likeness (QED) is 0.866. The number of aromatic hydroxyl groups is 1. The van der Waals surface area contributed by atoms with Crippen molar-refractivity contribution < 1.29 is 9.90 Å². The highest BCUT2D eigenvalue weighted by atomic mass is 16.3. The van der Waals surface area contributed by atoms with Gasteiger partial charge in [0.15, 0.2) is 5.82 Å². The minimum absolute atomic E-state index is 0.0594. The summed E-state index contributed by atoms with van der Waals surface area (Å²) in [4.78, 5) is 14.3. The number of para-hydroxylation sites is 1. The van der Waals surface area contributed by atoms with Crippen LogP contribution in [-0.2, 0) is 0 Å². The Labute approximate surface area is 122 Å². The fourth-order valence-corrected chi connectivity index (χ4v) is 2.72. The van der Waals surface area contributed by atoms with Crippen molar-refractivity contribution in [3.63, 3.8) is 0 Å². The molecule has 1 unspecified atom stereocenters. The highest BCUT2D eigenvalue weighted by molar-refractivity contribution is 5.97. The fourth-order valence-electron chi connectivity index (χ4n) is 2.72. The smallest absolute Gasteiger partial charge is 0.257 e. The third kappa shape index (κ3) is 2.58. The number of tetrazole rings is 1. The first kappa shape index (κ1) is 13.5. The first-order valence-electron chi connectivity index (χ1n) is 6.98. The molecule has 7 heteroatoms. The number of carbonyl (C=O) groups excluding carboxylic acids is 1. The van der Waals surface area contributed by atoms with Crippen molar-refractivity contribution in [3.8, 4) is 5.75 Å². The lowest BCUT2D eigenvalue weighted by atomic mass is 9.96. The number of hydrogen-bond donors (Lipinski definition) is 2. The van der Waals surface area contributed by atoms with Crippen molar-refractivity contribution in [1.29, 1.82) is 0 Å². The second-order valence-electron chi connectivity index (χ2n) is 5.33. The van der Waals surface area contributed by atoms with Crippen LogP contribution in [0.15, 0.2) is 18.2 Å². The zero-order valence-electron chi connectivity index (χ0n) is 11.8. The van der Waals surface area contributed by atoms with Gasteiger partial charge in [0.05, 0.1) is 5.56 Å². The molecule has 110 valence electrons. The molecule has 0 radical (unpaired) electrons. The van der Waals surface area contributed by atoms with Crippen LogP contribution in [0, 0.1) is 6.92 Å². The second-order valence-corrected chi connectivity index (χ2v) is 5.33. The number of piperidine rings is 1. The van der Waals surface area contributed by atoms with Gasteiger partial charge in [-0.3, -0.25) is 4.79 Å². The number of carbonyl (C=O) groups is 1. The number of aromatic nitrogens is 4.